The van der Waals surface area contributed by atoms with Crippen molar-refractivity contribution >= 4 is 11.6 Å². The van der Waals surface area contributed by atoms with E-state index >= 15 is 0 Å². The van der Waals surface area contributed by atoms with Crippen LogP contribution in [0.2, 0.25) is 0 Å². The summed E-state index contributed by atoms with van der Waals surface area (Å²) in [6.07, 6.45) is 5.05. The number of aliphatic hydroxyl groups is 1. The summed E-state index contributed by atoms with van der Waals surface area (Å²) in [6.45, 7) is 7.68. The lowest BCUT2D eigenvalue weighted by Crippen LogP contribution is -2.48. The Morgan fingerprint density at radius 1 is 1.08 bits per heavy atom. The van der Waals surface area contributed by atoms with Gasteiger partial charge < -0.3 is 19.8 Å². The first-order valence-corrected chi connectivity index (χ1v) is 9.49. The summed E-state index contributed by atoms with van der Waals surface area (Å²) in [4.78, 5) is 17.9. The maximum atomic E-state index is 10.5. The summed E-state index contributed by atoms with van der Waals surface area (Å²) in [5.74, 6) is 1.89. The van der Waals surface area contributed by atoms with E-state index in [0.29, 0.717) is 6.54 Å². The van der Waals surface area contributed by atoms with Gasteiger partial charge in [-0.25, -0.2) is 9.97 Å². The highest BCUT2D eigenvalue weighted by Gasteiger charge is 2.19. The minimum Gasteiger partial charge on any atom is -0.390 e. The number of piperidine rings is 1. The molecular formula is C18H32N6O. The topological polar surface area (TPSA) is 59.0 Å². The third kappa shape index (κ3) is 5.26. The zero-order valence-corrected chi connectivity index (χ0v) is 15.6. The van der Waals surface area contributed by atoms with Crippen LogP contribution in [0, 0.1) is 0 Å². The van der Waals surface area contributed by atoms with Crippen LogP contribution in [0.4, 0.5) is 11.6 Å². The van der Waals surface area contributed by atoms with Gasteiger partial charge in [-0.3, -0.25) is 4.90 Å². The Kier molecular flexibility index (Phi) is 6.45. The highest BCUT2D eigenvalue weighted by molar-refractivity contribution is 5.49. The average Bonchev–Trinajstić information content (AvgIpc) is 2.64. The van der Waals surface area contributed by atoms with Gasteiger partial charge in [-0.1, -0.05) is 0 Å². The van der Waals surface area contributed by atoms with Gasteiger partial charge >= 0.3 is 0 Å². The van der Waals surface area contributed by atoms with E-state index in [9.17, 15) is 5.11 Å². The molecule has 2 fully saturated rings. The maximum absolute atomic E-state index is 10.5. The third-order valence-corrected chi connectivity index (χ3v) is 5.26. The summed E-state index contributed by atoms with van der Waals surface area (Å²) >= 11 is 0. The summed E-state index contributed by atoms with van der Waals surface area (Å²) in [7, 11) is 4.14. The Morgan fingerprint density at radius 2 is 1.80 bits per heavy atom. The number of piperazine rings is 1. The number of aliphatic hydroxyl groups excluding tert-OH is 1. The van der Waals surface area contributed by atoms with Crippen LogP contribution in [0.3, 0.4) is 0 Å². The largest absolute Gasteiger partial charge is 0.390 e. The van der Waals surface area contributed by atoms with Gasteiger partial charge in [0.1, 0.15) is 18.0 Å². The Hall–Kier alpha value is -1.44. The number of likely N-dealkylation sites (N-methyl/N-ethyl adjacent to an activating group) is 2. The van der Waals surface area contributed by atoms with Crippen LogP contribution >= 0.6 is 0 Å². The van der Waals surface area contributed by atoms with Gasteiger partial charge in [-0.15, -0.1) is 0 Å². The Morgan fingerprint density at radius 3 is 2.52 bits per heavy atom. The van der Waals surface area contributed by atoms with Gasteiger partial charge in [0.2, 0.25) is 0 Å². The Balaban J connectivity index is 1.52. The van der Waals surface area contributed by atoms with Gasteiger partial charge in [-0.2, -0.15) is 0 Å². The predicted molar refractivity (Wildman–Crippen MR) is 101 cm³/mol. The Labute approximate surface area is 151 Å². The van der Waals surface area contributed by atoms with Crippen molar-refractivity contribution in [3.8, 4) is 0 Å². The molecular weight excluding hydrogens is 316 g/mol. The van der Waals surface area contributed by atoms with E-state index < -0.39 is 0 Å². The molecule has 0 radical (unpaired) electrons. The van der Waals surface area contributed by atoms with Gasteiger partial charge in [-0.05, 0) is 26.3 Å². The number of β-amino-alcohol motifs (C(OH)–C–C–N with tert-alkyl or cyclic N) is 1. The molecule has 0 aromatic carbocycles. The second kappa shape index (κ2) is 8.78. The molecule has 0 aliphatic carbocycles. The van der Waals surface area contributed by atoms with Gasteiger partial charge in [0.05, 0.1) is 6.10 Å². The summed E-state index contributed by atoms with van der Waals surface area (Å²) in [5.41, 5.74) is 0. The Bertz CT molecular complexity index is 528. The van der Waals surface area contributed by atoms with E-state index in [1.54, 1.807) is 6.33 Å². The smallest absolute Gasteiger partial charge is 0.134 e. The molecule has 1 aromatic heterocycles. The van der Waals surface area contributed by atoms with Crippen LogP contribution in [0.5, 0.6) is 0 Å². The predicted octanol–water partition coefficient (Wildman–Crippen LogP) is 0.511. The molecule has 0 saturated carbocycles. The van der Waals surface area contributed by atoms with Crippen LogP contribution in [0.15, 0.2) is 12.4 Å². The molecule has 0 spiro atoms. The molecule has 0 amide bonds. The lowest BCUT2D eigenvalue weighted by molar-refractivity contribution is 0.0842. The first-order chi connectivity index (χ1) is 12.1. The molecule has 1 atom stereocenters. The zero-order chi connectivity index (χ0) is 17.6. The van der Waals surface area contributed by atoms with E-state index in [1.165, 1.54) is 19.3 Å². The van der Waals surface area contributed by atoms with Crippen molar-refractivity contribution in [1.29, 1.82) is 0 Å². The minimum atomic E-state index is -0.373. The lowest BCUT2D eigenvalue weighted by Gasteiger charge is -2.34. The zero-order valence-electron chi connectivity index (χ0n) is 15.6. The van der Waals surface area contributed by atoms with Crippen molar-refractivity contribution in [2.45, 2.75) is 25.4 Å². The number of hydrogen-bond acceptors (Lipinski definition) is 7. The molecule has 2 saturated heterocycles. The fourth-order valence-corrected chi connectivity index (χ4v) is 3.64. The number of aromatic nitrogens is 2. The molecule has 3 rings (SSSR count). The molecule has 1 N–H and O–H groups in total. The molecule has 0 bridgehead atoms. The fraction of sp³-hybridized carbons (Fsp3) is 0.778. The quantitative estimate of drug-likeness (QED) is 0.804. The standard InChI is InChI=1S/C18H32N6O/c1-21-8-10-23(11-9-21)14-16(25)13-22(2)17-12-18(20-15-19-17)24-6-4-3-5-7-24/h12,15-16,25H,3-11,13-14H2,1-2H3. The average molecular weight is 348 g/mol. The van der Waals surface area contributed by atoms with Crippen molar-refractivity contribution in [3.63, 3.8) is 0 Å². The van der Waals surface area contributed by atoms with Crippen molar-refractivity contribution < 1.29 is 5.11 Å². The van der Waals surface area contributed by atoms with Crippen molar-refractivity contribution in [2.24, 2.45) is 0 Å². The summed E-state index contributed by atoms with van der Waals surface area (Å²) < 4.78 is 0. The molecule has 2 aliphatic rings. The number of nitrogens with zero attached hydrogens (tertiary/aromatic N) is 6. The second-order valence-electron chi connectivity index (χ2n) is 7.42. The van der Waals surface area contributed by atoms with Crippen LogP contribution in [-0.2, 0) is 0 Å². The van der Waals surface area contributed by atoms with Gasteiger partial charge in [0.25, 0.3) is 0 Å². The van der Waals surface area contributed by atoms with Crippen LogP contribution in [0.25, 0.3) is 0 Å². The number of anilines is 2. The van der Waals surface area contributed by atoms with E-state index in [4.69, 9.17) is 0 Å². The number of rotatable bonds is 6. The molecule has 1 unspecified atom stereocenters. The highest BCUT2D eigenvalue weighted by atomic mass is 16.3. The minimum absolute atomic E-state index is 0.373. The van der Waals surface area contributed by atoms with Crippen molar-refractivity contribution in [3.05, 3.63) is 12.4 Å². The number of hydrogen-bond donors (Lipinski definition) is 1. The summed E-state index contributed by atoms with van der Waals surface area (Å²) in [5, 5.41) is 10.5. The molecule has 140 valence electrons. The van der Waals surface area contributed by atoms with E-state index in [0.717, 1.165) is 57.4 Å². The van der Waals surface area contributed by atoms with E-state index in [1.807, 2.05) is 18.0 Å². The van der Waals surface area contributed by atoms with E-state index in [2.05, 4.69) is 31.7 Å². The third-order valence-electron chi connectivity index (χ3n) is 5.26. The van der Waals surface area contributed by atoms with Gasteiger partial charge in [0, 0.05) is 65.5 Å². The van der Waals surface area contributed by atoms with E-state index in [-0.39, 0.29) is 6.10 Å². The molecule has 7 heteroatoms. The van der Waals surface area contributed by atoms with Crippen molar-refractivity contribution in [2.75, 3.05) is 76.3 Å². The molecule has 3 heterocycles. The fourth-order valence-electron chi connectivity index (χ4n) is 3.64. The first kappa shape index (κ1) is 18.4. The highest BCUT2D eigenvalue weighted by Crippen LogP contribution is 2.20. The maximum Gasteiger partial charge on any atom is 0.134 e. The van der Waals surface area contributed by atoms with Gasteiger partial charge in [0.15, 0.2) is 0 Å². The molecule has 7 nitrogen and oxygen atoms in total. The second-order valence-corrected chi connectivity index (χ2v) is 7.42. The molecule has 2 aliphatic heterocycles. The SMILES string of the molecule is CN1CCN(CC(O)CN(C)c2cc(N3CCCCC3)ncn2)CC1. The van der Waals surface area contributed by atoms with Crippen LogP contribution in [0.1, 0.15) is 19.3 Å². The van der Waals surface area contributed by atoms with Crippen LogP contribution in [-0.4, -0.2) is 97.4 Å². The normalized spacial score (nSPS) is 21.3. The van der Waals surface area contributed by atoms with Crippen LogP contribution < -0.4 is 9.80 Å². The van der Waals surface area contributed by atoms with Crippen molar-refractivity contribution in [1.82, 2.24) is 19.8 Å². The summed E-state index contributed by atoms with van der Waals surface area (Å²) in [6, 6.07) is 2.05. The lowest BCUT2D eigenvalue weighted by atomic mass is 10.1. The molecule has 1 aromatic rings. The molecule has 25 heavy (non-hydrogen) atoms. The first-order valence-electron chi connectivity index (χ1n) is 9.49. The monoisotopic (exact) mass is 348 g/mol.